The number of hydrogen-bond donors (Lipinski definition) is 1. The van der Waals surface area contributed by atoms with Crippen LogP contribution < -0.4 is 0 Å². The first-order valence-corrected chi connectivity index (χ1v) is 7.35. The number of fused-ring (bicyclic) bond motifs is 1. The SMILES string of the molecule is CC(C)(c1ccc(Cl)cc1)c1ccc2ccccc2c1O. The van der Waals surface area contributed by atoms with Crippen molar-refractivity contribution in [2.75, 3.05) is 0 Å². The van der Waals surface area contributed by atoms with Gasteiger partial charge in [-0.15, -0.1) is 0 Å². The topological polar surface area (TPSA) is 20.2 Å². The molecule has 0 amide bonds. The molecule has 2 heteroatoms. The van der Waals surface area contributed by atoms with Crippen molar-refractivity contribution in [3.63, 3.8) is 0 Å². The Hall–Kier alpha value is -1.99. The molecule has 0 bridgehead atoms. The summed E-state index contributed by atoms with van der Waals surface area (Å²) < 4.78 is 0. The maximum Gasteiger partial charge on any atom is 0.127 e. The van der Waals surface area contributed by atoms with E-state index in [1.807, 2.05) is 54.6 Å². The van der Waals surface area contributed by atoms with Gasteiger partial charge in [0.05, 0.1) is 0 Å². The summed E-state index contributed by atoms with van der Waals surface area (Å²) in [5, 5.41) is 13.3. The van der Waals surface area contributed by atoms with Crippen LogP contribution in [-0.4, -0.2) is 5.11 Å². The molecule has 3 rings (SSSR count). The van der Waals surface area contributed by atoms with E-state index < -0.39 is 0 Å². The first-order valence-electron chi connectivity index (χ1n) is 6.97. The maximum atomic E-state index is 10.7. The highest BCUT2D eigenvalue weighted by molar-refractivity contribution is 6.30. The molecule has 0 aromatic heterocycles. The van der Waals surface area contributed by atoms with Crippen LogP contribution in [0.3, 0.4) is 0 Å². The van der Waals surface area contributed by atoms with E-state index in [2.05, 4.69) is 19.9 Å². The molecular weight excluding hydrogens is 280 g/mol. The first-order chi connectivity index (χ1) is 10.00. The second kappa shape index (κ2) is 5.09. The Morgan fingerprint density at radius 1 is 0.857 bits per heavy atom. The van der Waals surface area contributed by atoms with Crippen molar-refractivity contribution >= 4 is 22.4 Å². The molecule has 3 aromatic carbocycles. The normalized spacial score (nSPS) is 11.8. The standard InChI is InChI=1S/C19H17ClO/c1-19(2,14-8-10-15(20)11-9-14)17-12-7-13-5-3-4-6-16(13)18(17)21/h3-12,21H,1-2H3. The van der Waals surface area contributed by atoms with E-state index in [1.54, 1.807) is 0 Å². The van der Waals surface area contributed by atoms with E-state index in [0.29, 0.717) is 5.75 Å². The van der Waals surface area contributed by atoms with Crippen molar-refractivity contribution in [1.82, 2.24) is 0 Å². The van der Waals surface area contributed by atoms with E-state index in [-0.39, 0.29) is 5.41 Å². The minimum absolute atomic E-state index is 0.293. The molecule has 0 aliphatic heterocycles. The van der Waals surface area contributed by atoms with Crippen LogP contribution in [0.4, 0.5) is 0 Å². The summed E-state index contributed by atoms with van der Waals surface area (Å²) in [7, 11) is 0. The summed E-state index contributed by atoms with van der Waals surface area (Å²) in [6, 6.07) is 19.7. The third-order valence-corrected chi connectivity index (χ3v) is 4.39. The molecule has 0 aliphatic carbocycles. The molecule has 0 atom stereocenters. The lowest BCUT2D eigenvalue weighted by Gasteiger charge is -2.27. The summed E-state index contributed by atoms with van der Waals surface area (Å²) in [5.74, 6) is 0.355. The van der Waals surface area contributed by atoms with Crippen LogP contribution in [0.15, 0.2) is 60.7 Å². The highest BCUT2D eigenvalue weighted by Crippen LogP contribution is 2.40. The predicted molar refractivity (Wildman–Crippen MR) is 89.2 cm³/mol. The third kappa shape index (κ3) is 2.38. The fourth-order valence-corrected chi connectivity index (χ4v) is 2.91. The second-order valence-electron chi connectivity index (χ2n) is 5.81. The van der Waals surface area contributed by atoms with Gasteiger partial charge in [-0.2, -0.15) is 0 Å². The third-order valence-electron chi connectivity index (χ3n) is 4.14. The van der Waals surface area contributed by atoms with Gasteiger partial charge in [-0.3, -0.25) is 0 Å². The summed E-state index contributed by atoms with van der Waals surface area (Å²) in [6.45, 7) is 4.22. The summed E-state index contributed by atoms with van der Waals surface area (Å²) in [6.07, 6.45) is 0. The summed E-state index contributed by atoms with van der Waals surface area (Å²) in [4.78, 5) is 0. The zero-order chi connectivity index (χ0) is 15.0. The molecule has 1 N–H and O–H groups in total. The van der Waals surface area contributed by atoms with Crippen molar-refractivity contribution in [2.45, 2.75) is 19.3 Å². The molecule has 0 radical (unpaired) electrons. The zero-order valence-electron chi connectivity index (χ0n) is 12.1. The highest BCUT2D eigenvalue weighted by atomic mass is 35.5. The Morgan fingerprint density at radius 2 is 1.52 bits per heavy atom. The van der Waals surface area contributed by atoms with Crippen molar-refractivity contribution in [3.05, 3.63) is 76.8 Å². The van der Waals surface area contributed by atoms with Crippen LogP contribution in [0, 0.1) is 0 Å². The highest BCUT2D eigenvalue weighted by Gasteiger charge is 2.26. The predicted octanol–water partition coefficient (Wildman–Crippen LogP) is 5.52. The van der Waals surface area contributed by atoms with E-state index in [0.717, 1.165) is 26.9 Å². The Bertz CT molecular complexity index is 788. The zero-order valence-corrected chi connectivity index (χ0v) is 12.9. The van der Waals surface area contributed by atoms with Crippen LogP contribution in [-0.2, 0) is 5.41 Å². The molecule has 0 spiro atoms. The van der Waals surface area contributed by atoms with Gasteiger partial charge in [0.25, 0.3) is 0 Å². The minimum Gasteiger partial charge on any atom is -0.507 e. The van der Waals surface area contributed by atoms with Crippen LogP contribution in [0.2, 0.25) is 5.02 Å². The molecule has 21 heavy (non-hydrogen) atoms. The maximum absolute atomic E-state index is 10.7. The van der Waals surface area contributed by atoms with E-state index in [4.69, 9.17) is 11.6 Å². The van der Waals surface area contributed by atoms with Gasteiger partial charge in [0.2, 0.25) is 0 Å². The number of rotatable bonds is 2. The van der Waals surface area contributed by atoms with E-state index in [9.17, 15) is 5.11 Å². The van der Waals surface area contributed by atoms with Crippen LogP contribution >= 0.6 is 11.6 Å². The van der Waals surface area contributed by atoms with E-state index in [1.165, 1.54) is 0 Å². The largest absolute Gasteiger partial charge is 0.507 e. The average molecular weight is 297 g/mol. The molecule has 3 aromatic rings. The van der Waals surface area contributed by atoms with Crippen molar-refractivity contribution in [2.24, 2.45) is 0 Å². The van der Waals surface area contributed by atoms with Crippen LogP contribution in [0.25, 0.3) is 10.8 Å². The number of benzene rings is 3. The first kappa shape index (κ1) is 14.0. The minimum atomic E-state index is -0.293. The number of halogens is 1. The number of hydrogen-bond acceptors (Lipinski definition) is 1. The van der Waals surface area contributed by atoms with Gasteiger partial charge in [-0.05, 0) is 23.1 Å². The summed E-state index contributed by atoms with van der Waals surface area (Å²) >= 11 is 5.97. The van der Waals surface area contributed by atoms with Gasteiger partial charge in [-0.1, -0.05) is 74.0 Å². The molecule has 0 unspecified atom stereocenters. The Labute approximate surface area is 129 Å². The molecular formula is C19H17ClO. The summed E-state index contributed by atoms with van der Waals surface area (Å²) in [5.41, 5.74) is 1.75. The fourth-order valence-electron chi connectivity index (χ4n) is 2.78. The Balaban J connectivity index is 2.18. The number of phenols is 1. The van der Waals surface area contributed by atoms with Crippen molar-refractivity contribution in [1.29, 1.82) is 0 Å². The smallest absolute Gasteiger partial charge is 0.127 e. The fraction of sp³-hybridized carbons (Fsp3) is 0.158. The lowest BCUT2D eigenvalue weighted by Crippen LogP contribution is -2.19. The lowest BCUT2D eigenvalue weighted by atomic mass is 9.77. The molecule has 0 saturated carbocycles. The molecule has 0 saturated heterocycles. The van der Waals surface area contributed by atoms with Gasteiger partial charge in [0.1, 0.15) is 5.75 Å². The van der Waals surface area contributed by atoms with Crippen LogP contribution in [0.5, 0.6) is 5.75 Å². The van der Waals surface area contributed by atoms with Gasteiger partial charge < -0.3 is 5.11 Å². The monoisotopic (exact) mass is 296 g/mol. The average Bonchev–Trinajstić information content (AvgIpc) is 2.48. The molecule has 0 heterocycles. The van der Waals surface area contributed by atoms with Gasteiger partial charge in [-0.25, -0.2) is 0 Å². The Kier molecular flexibility index (Phi) is 3.38. The number of aromatic hydroxyl groups is 1. The van der Waals surface area contributed by atoms with Crippen LogP contribution in [0.1, 0.15) is 25.0 Å². The lowest BCUT2D eigenvalue weighted by molar-refractivity contribution is 0.459. The van der Waals surface area contributed by atoms with E-state index >= 15 is 0 Å². The molecule has 0 aliphatic rings. The second-order valence-corrected chi connectivity index (χ2v) is 6.25. The van der Waals surface area contributed by atoms with Gasteiger partial charge >= 0.3 is 0 Å². The van der Waals surface area contributed by atoms with Crippen molar-refractivity contribution in [3.8, 4) is 5.75 Å². The molecule has 0 fully saturated rings. The van der Waals surface area contributed by atoms with Gasteiger partial charge in [0.15, 0.2) is 0 Å². The van der Waals surface area contributed by atoms with Gasteiger partial charge in [0, 0.05) is 21.4 Å². The number of phenolic OH excluding ortho intramolecular Hbond substituents is 1. The van der Waals surface area contributed by atoms with Crippen molar-refractivity contribution < 1.29 is 5.11 Å². The Morgan fingerprint density at radius 3 is 2.24 bits per heavy atom. The quantitative estimate of drug-likeness (QED) is 0.659. The molecule has 1 nitrogen and oxygen atoms in total. The molecule has 106 valence electrons.